The molecule has 1 atom stereocenters. The normalized spacial score (nSPS) is 18.2. The molecule has 0 unspecified atom stereocenters. The molecule has 2 aromatic heterocycles. The third kappa shape index (κ3) is 3.31. The van der Waals surface area contributed by atoms with Crippen LogP contribution in [0.4, 0.5) is 0 Å². The summed E-state index contributed by atoms with van der Waals surface area (Å²) in [4.78, 5) is 32.8. The van der Waals surface area contributed by atoms with Crippen LogP contribution in [0.15, 0.2) is 23.3 Å². The molecule has 0 aliphatic carbocycles. The lowest BCUT2D eigenvalue weighted by atomic mass is 10.1. The molecule has 0 saturated carbocycles. The van der Waals surface area contributed by atoms with Crippen LogP contribution in [-0.4, -0.2) is 50.3 Å². The Balaban J connectivity index is 1.77. The number of hydrogen-bond acceptors (Lipinski definition) is 5. The van der Waals surface area contributed by atoms with E-state index in [1.165, 1.54) is 6.07 Å². The second-order valence-electron chi connectivity index (χ2n) is 5.45. The van der Waals surface area contributed by atoms with Crippen molar-refractivity contribution in [2.24, 2.45) is 0 Å². The van der Waals surface area contributed by atoms with Crippen LogP contribution in [0.1, 0.15) is 34.9 Å². The second-order valence-corrected chi connectivity index (χ2v) is 5.45. The SMILES string of the molecule is CCn1cc(C(=O)N2CCO[C@@H](c3cc(=O)[nH]c(C)n3)C2)cn1. The predicted molar refractivity (Wildman–Crippen MR) is 82.1 cm³/mol. The molecule has 1 fully saturated rings. The third-order valence-corrected chi connectivity index (χ3v) is 3.77. The van der Waals surface area contributed by atoms with Gasteiger partial charge in [0.25, 0.3) is 11.5 Å². The quantitative estimate of drug-likeness (QED) is 0.890. The molecule has 1 amide bonds. The van der Waals surface area contributed by atoms with Crippen LogP contribution in [0.25, 0.3) is 0 Å². The van der Waals surface area contributed by atoms with E-state index in [9.17, 15) is 9.59 Å². The number of H-pyrrole nitrogens is 1. The van der Waals surface area contributed by atoms with Crippen molar-refractivity contribution in [3.63, 3.8) is 0 Å². The van der Waals surface area contributed by atoms with Gasteiger partial charge in [0.15, 0.2) is 0 Å². The van der Waals surface area contributed by atoms with Crippen LogP contribution in [-0.2, 0) is 11.3 Å². The summed E-state index contributed by atoms with van der Waals surface area (Å²) in [6.45, 7) is 5.68. The maximum absolute atomic E-state index is 12.6. The van der Waals surface area contributed by atoms with E-state index in [2.05, 4.69) is 15.1 Å². The second kappa shape index (κ2) is 6.33. The van der Waals surface area contributed by atoms with Crippen LogP contribution in [0.2, 0.25) is 0 Å². The topological polar surface area (TPSA) is 93.1 Å². The van der Waals surface area contributed by atoms with E-state index in [-0.39, 0.29) is 11.5 Å². The number of ether oxygens (including phenoxy) is 1. The zero-order chi connectivity index (χ0) is 16.4. The summed E-state index contributed by atoms with van der Waals surface area (Å²) in [5, 5.41) is 4.13. The highest BCUT2D eigenvalue weighted by atomic mass is 16.5. The molecule has 122 valence electrons. The highest BCUT2D eigenvalue weighted by molar-refractivity contribution is 5.93. The van der Waals surface area contributed by atoms with E-state index >= 15 is 0 Å². The molecule has 0 radical (unpaired) electrons. The standard InChI is InChI=1S/C15H19N5O3/c1-3-20-8-11(7-16-20)15(22)19-4-5-23-13(9-19)12-6-14(21)18-10(2)17-12/h6-8,13H,3-5,9H2,1-2H3,(H,17,18,21)/t13-/m1/s1. The van der Waals surface area contributed by atoms with Gasteiger partial charge in [0.05, 0.1) is 30.6 Å². The van der Waals surface area contributed by atoms with Crippen molar-refractivity contribution in [3.8, 4) is 0 Å². The number of nitrogens with zero attached hydrogens (tertiary/aromatic N) is 4. The number of amides is 1. The van der Waals surface area contributed by atoms with Crippen molar-refractivity contribution in [2.75, 3.05) is 19.7 Å². The van der Waals surface area contributed by atoms with Crippen LogP contribution in [0, 0.1) is 6.92 Å². The third-order valence-electron chi connectivity index (χ3n) is 3.77. The van der Waals surface area contributed by atoms with E-state index in [0.717, 1.165) is 6.54 Å². The minimum atomic E-state index is -0.394. The van der Waals surface area contributed by atoms with E-state index in [0.29, 0.717) is 36.8 Å². The van der Waals surface area contributed by atoms with Gasteiger partial charge in [-0.05, 0) is 13.8 Å². The number of rotatable bonds is 3. The van der Waals surface area contributed by atoms with Gasteiger partial charge in [0.2, 0.25) is 0 Å². The Bertz CT molecular complexity index is 766. The summed E-state index contributed by atoms with van der Waals surface area (Å²) >= 11 is 0. The molecule has 3 rings (SSSR count). The Morgan fingerprint density at radius 3 is 3.04 bits per heavy atom. The Hall–Kier alpha value is -2.48. The monoisotopic (exact) mass is 317 g/mol. The lowest BCUT2D eigenvalue weighted by Crippen LogP contribution is -2.42. The molecule has 1 aliphatic rings. The lowest BCUT2D eigenvalue weighted by molar-refractivity contribution is -0.0249. The predicted octanol–water partition coefficient (Wildman–Crippen LogP) is 0.508. The van der Waals surface area contributed by atoms with Gasteiger partial charge in [0, 0.05) is 25.4 Å². The minimum Gasteiger partial charge on any atom is -0.368 e. The first-order valence-electron chi connectivity index (χ1n) is 7.58. The van der Waals surface area contributed by atoms with Crippen LogP contribution in [0.3, 0.4) is 0 Å². The highest BCUT2D eigenvalue weighted by Crippen LogP contribution is 2.21. The smallest absolute Gasteiger partial charge is 0.257 e. The summed E-state index contributed by atoms with van der Waals surface area (Å²) in [6, 6.07) is 1.42. The Morgan fingerprint density at radius 1 is 1.52 bits per heavy atom. The zero-order valence-electron chi connectivity index (χ0n) is 13.2. The van der Waals surface area contributed by atoms with Crippen molar-refractivity contribution < 1.29 is 9.53 Å². The minimum absolute atomic E-state index is 0.0837. The Labute approximate surface area is 133 Å². The molecular weight excluding hydrogens is 298 g/mol. The molecule has 0 aromatic carbocycles. The fourth-order valence-electron chi connectivity index (χ4n) is 2.61. The zero-order valence-corrected chi connectivity index (χ0v) is 13.2. The van der Waals surface area contributed by atoms with Crippen molar-refractivity contribution in [1.82, 2.24) is 24.6 Å². The first kappa shape index (κ1) is 15.4. The number of aryl methyl sites for hydroxylation is 2. The van der Waals surface area contributed by atoms with Gasteiger partial charge in [0.1, 0.15) is 11.9 Å². The van der Waals surface area contributed by atoms with Gasteiger partial charge in [-0.15, -0.1) is 0 Å². The summed E-state index contributed by atoms with van der Waals surface area (Å²) < 4.78 is 7.40. The summed E-state index contributed by atoms with van der Waals surface area (Å²) in [5.41, 5.74) is 0.888. The van der Waals surface area contributed by atoms with Gasteiger partial charge < -0.3 is 14.6 Å². The summed E-state index contributed by atoms with van der Waals surface area (Å²) in [7, 11) is 0. The molecule has 1 N–H and O–H groups in total. The number of morpholine rings is 1. The molecule has 0 bridgehead atoms. The van der Waals surface area contributed by atoms with E-state index in [1.54, 1.807) is 28.9 Å². The number of hydrogen-bond donors (Lipinski definition) is 1. The van der Waals surface area contributed by atoms with E-state index in [4.69, 9.17) is 4.74 Å². The fourth-order valence-corrected chi connectivity index (χ4v) is 2.61. The molecular formula is C15H19N5O3. The first-order chi connectivity index (χ1) is 11.1. The summed E-state index contributed by atoms with van der Waals surface area (Å²) in [5.74, 6) is 0.448. The van der Waals surface area contributed by atoms with Crippen LogP contribution in [0.5, 0.6) is 0 Å². The average Bonchev–Trinajstić information content (AvgIpc) is 3.02. The van der Waals surface area contributed by atoms with Crippen LogP contribution >= 0.6 is 0 Å². The fraction of sp³-hybridized carbons (Fsp3) is 0.467. The molecule has 0 spiro atoms. The number of nitrogens with one attached hydrogen (secondary N) is 1. The molecule has 1 aliphatic heterocycles. The van der Waals surface area contributed by atoms with Gasteiger partial charge in [-0.1, -0.05) is 0 Å². The number of carbonyl (C=O) groups is 1. The molecule has 1 saturated heterocycles. The molecule has 23 heavy (non-hydrogen) atoms. The Kier molecular flexibility index (Phi) is 4.24. The summed E-state index contributed by atoms with van der Waals surface area (Å²) in [6.07, 6.45) is 2.92. The number of aromatic amines is 1. The maximum Gasteiger partial charge on any atom is 0.257 e. The maximum atomic E-state index is 12.6. The van der Waals surface area contributed by atoms with Crippen molar-refractivity contribution in [2.45, 2.75) is 26.5 Å². The molecule has 3 heterocycles. The van der Waals surface area contributed by atoms with Gasteiger partial charge in [-0.25, -0.2) is 4.98 Å². The Morgan fingerprint density at radius 2 is 2.35 bits per heavy atom. The average molecular weight is 317 g/mol. The largest absolute Gasteiger partial charge is 0.368 e. The van der Waals surface area contributed by atoms with Gasteiger partial charge in [-0.3, -0.25) is 14.3 Å². The molecule has 8 heteroatoms. The number of aromatic nitrogens is 4. The highest BCUT2D eigenvalue weighted by Gasteiger charge is 2.28. The molecule has 8 nitrogen and oxygen atoms in total. The lowest BCUT2D eigenvalue weighted by Gasteiger charge is -2.32. The van der Waals surface area contributed by atoms with Gasteiger partial charge >= 0.3 is 0 Å². The van der Waals surface area contributed by atoms with E-state index < -0.39 is 6.10 Å². The first-order valence-corrected chi connectivity index (χ1v) is 7.58. The van der Waals surface area contributed by atoms with E-state index in [1.807, 2.05) is 6.92 Å². The molecule has 2 aromatic rings. The van der Waals surface area contributed by atoms with Crippen molar-refractivity contribution in [3.05, 3.63) is 45.9 Å². The van der Waals surface area contributed by atoms with Crippen molar-refractivity contribution in [1.29, 1.82) is 0 Å². The van der Waals surface area contributed by atoms with Crippen LogP contribution < -0.4 is 5.56 Å². The van der Waals surface area contributed by atoms with Crippen molar-refractivity contribution >= 4 is 5.91 Å². The van der Waals surface area contributed by atoms with Gasteiger partial charge in [-0.2, -0.15) is 5.10 Å². The number of carbonyl (C=O) groups excluding carboxylic acids is 1.